The highest BCUT2D eigenvalue weighted by Gasteiger charge is 2.15. The van der Waals surface area contributed by atoms with Crippen molar-refractivity contribution in [3.8, 4) is 0 Å². The molecule has 0 fully saturated rings. The fourth-order valence-corrected chi connectivity index (χ4v) is 1.80. The molecule has 25 heavy (non-hydrogen) atoms. The van der Waals surface area contributed by atoms with E-state index in [2.05, 4.69) is 10.3 Å². The second-order valence-corrected chi connectivity index (χ2v) is 4.92. The maximum Gasteiger partial charge on any atom is 0.355 e. The van der Waals surface area contributed by atoms with Crippen LogP contribution in [-0.4, -0.2) is 35.3 Å². The van der Waals surface area contributed by atoms with Crippen LogP contribution >= 0.6 is 0 Å². The third-order valence-electron chi connectivity index (χ3n) is 3.02. The summed E-state index contributed by atoms with van der Waals surface area (Å²) in [5.41, 5.74) is 0.183. The molecular weight excluding hydrogens is 333 g/mol. The Balaban J connectivity index is 1.81. The largest absolute Gasteiger partial charge is 0.451 e. The number of hydrogen-bond acceptors (Lipinski definition) is 5. The Morgan fingerprint density at radius 1 is 1.20 bits per heavy atom. The van der Waals surface area contributed by atoms with Crippen molar-refractivity contribution >= 4 is 29.4 Å². The van der Waals surface area contributed by atoms with Crippen LogP contribution in [0, 0.1) is 5.82 Å². The number of ether oxygens (including phenoxy) is 1. The van der Waals surface area contributed by atoms with Gasteiger partial charge in [-0.1, -0.05) is 12.1 Å². The van der Waals surface area contributed by atoms with E-state index in [4.69, 9.17) is 4.74 Å². The third kappa shape index (κ3) is 4.99. The first-order valence-corrected chi connectivity index (χ1v) is 7.08. The highest BCUT2D eigenvalue weighted by Crippen LogP contribution is 2.11. The lowest BCUT2D eigenvalue weighted by atomic mass is 10.2. The predicted octanol–water partition coefficient (Wildman–Crippen LogP) is 1.86. The Morgan fingerprint density at radius 3 is 2.56 bits per heavy atom. The fraction of sp³-hybridized carbons (Fsp3) is 0.125. The molecule has 0 aliphatic carbocycles. The first-order chi connectivity index (χ1) is 11.9. The molecule has 0 aliphatic rings. The average Bonchev–Trinajstić information content (AvgIpc) is 3.05. The molecule has 3 amide bonds. The molecule has 0 saturated heterocycles. The molecule has 0 unspecified atom stereocenters. The Bertz CT molecular complexity index is 831. The van der Waals surface area contributed by atoms with Crippen molar-refractivity contribution in [2.24, 2.45) is 0 Å². The number of benzene rings is 1. The number of esters is 1. The lowest BCUT2D eigenvalue weighted by Crippen LogP contribution is -2.37. The summed E-state index contributed by atoms with van der Waals surface area (Å²) in [6.45, 7) is 0.609. The number of hydrogen-bond donors (Lipinski definition) is 3. The van der Waals surface area contributed by atoms with E-state index in [1.165, 1.54) is 37.4 Å². The van der Waals surface area contributed by atoms with Gasteiger partial charge in [0.05, 0.1) is 5.69 Å². The Kier molecular flexibility index (Phi) is 5.62. The van der Waals surface area contributed by atoms with E-state index >= 15 is 0 Å². The van der Waals surface area contributed by atoms with Crippen molar-refractivity contribution in [3.63, 3.8) is 0 Å². The summed E-state index contributed by atoms with van der Waals surface area (Å²) in [4.78, 5) is 48.5. The minimum absolute atomic E-state index is 0.00573. The molecule has 9 heteroatoms. The zero-order valence-electron chi connectivity index (χ0n) is 13.1. The molecule has 3 N–H and O–H groups in total. The number of H-pyrrole nitrogens is 1. The molecule has 1 aromatic carbocycles. The summed E-state index contributed by atoms with van der Waals surface area (Å²) in [6, 6.07) is 5.73. The van der Waals surface area contributed by atoms with Gasteiger partial charge < -0.3 is 15.0 Å². The standard InChI is InChI=1S/C16H14FN3O5/c1-9(21)10-6-13(18-7-10)15(23)25-8-14(22)20-16(24)19-12-5-3-2-4-11(12)17/h2-7,18H,8H2,1H3,(H2,19,20,22,24). The fourth-order valence-electron chi connectivity index (χ4n) is 1.80. The predicted molar refractivity (Wildman–Crippen MR) is 84.6 cm³/mol. The summed E-state index contributed by atoms with van der Waals surface area (Å²) in [6.07, 6.45) is 1.33. The summed E-state index contributed by atoms with van der Waals surface area (Å²) < 4.78 is 18.1. The zero-order chi connectivity index (χ0) is 18.4. The van der Waals surface area contributed by atoms with Gasteiger partial charge in [-0.15, -0.1) is 0 Å². The molecule has 8 nitrogen and oxygen atoms in total. The molecule has 0 aliphatic heterocycles. The number of para-hydroxylation sites is 1. The maximum absolute atomic E-state index is 13.4. The van der Waals surface area contributed by atoms with Crippen molar-refractivity contribution < 1.29 is 28.3 Å². The molecule has 2 aromatic rings. The van der Waals surface area contributed by atoms with Gasteiger partial charge in [0, 0.05) is 11.8 Å². The van der Waals surface area contributed by atoms with Crippen molar-refractivity contribution in [1.82, 2.24) is 10.3 Å². The number of nitrogens with one attached hydrogen (secondary N) is 3. The van der Waals surface area contributed by atoms with E-state index in [1.54, 1.807) is 0 Å². The van der Waals surface area contributed by atoms with Crippen molar-refractivity contribution in [3.05, 3.63) is 53.6 Å². The van der Waals surface area contributed by atoms with E-state index in [0.717, 1.165) is 6.07 Å². The number of urea groups is 1. The molecule has 2 rings (SSSR count). The Hall–Kier alpha value is -3.49. The molecule has 1 heterocycles. The van der Waals surface area contributed by atoms with Crippen LogP contribution in [0.1, 0.15) is 27.8 Å². The van der Waals surface area contributed by atoms with Gasteiger partial charge in [-0.3, -0.25) is 14.9 Å². The Morgan fingerprint density at radius 2 is 1.92 bits per heavy atom. The van der Waals surface area contributed by atoms with Crippen LogP contribution in [0.25, 0.3) is 0 Å². The average molecular weight is 347 g/mol. The van der Waals surface area contributed by atoms with Crippen LogP contribution in [-0.2, 0) is 9.53 Å². The van der Waals surface area contributed by atoms with Crippen LogP contribution < -0.4 is 10.6 Å². The molecular formula is C16H14FN3O5. The highest BCUT2D eigenvalue weighted by molar-refractivity contribution is 6.02. The van der Waals surface area contributed by atoms with Crippen LogP contribution in [0.4, 0.5) is 14.9 Å². The van der Waals surface area contributed by atoms with Crippen LogP contribution in [0.5, 0.6) is 0 Å². The quantitative estimate of drug-likeness (QED) is 0.564. The van der Waals surface area contributed by atoms with Gasteiger partial charge in [-0.25, -0.2) is 14.0 Å². The van der Waals surface area contributed by atoms with Gasteiger partial charge >= 0.3 is 12.0 Å². The highest BCUT2D eigenvalue weighted by atomic mass is 19.1. The second kappa shape index (κ2) is 7.86. The number of rotatable bonds is 5. The normalized spacial score (nSPS) is 10.0. The van der Waals surface area contributed by atoms with Gasteiger partial charge in [0.1, 0.15) is 11.5 Å². The number of ketones is 1. The number of anilines is 1. The van der Waals surface area contributed by atoms with Gasteiger partial charge in [0.25, 0.3) is 5.91 Å². The SMILES string of the molecule is CC(=O)c1c[nH]c(C(=O)OCC(=O)NC(=O)Nc2ccccc2F)c1. The molecule has 1 aromatic heterocycles. The molecule has 0 bridgehead atoms. The van der Waals surface area contributed by atoms with Crippen molar-refractivity contribution in [2.75, 3.05) is 11.9 Å². The number of imide groups is 1. The molecule has 0 spiro atoms. The summed E-state index contributed by atoms with van der Waals surface area (Å²) in [5, 5.41) is 4.03. The second-order valence-electron chi connectivity index (χ2n) is 4.92. The third-order valence-corrected chi connectivity index (χ3v) is 3.02. The van der Waals surface area contributed by atoms with Gasteiger partial charge in [0.2, 0.25) is 0 Å². The van der Waals surface area contributed by atoms with Gasteiger partial charge in [-0.05, 0) is 25.1 Å². The minimum atomic E-state index is -0.968. The number of carbonyl (C=O) groups excluding carboxylic acids is 4. The smallest absolute Gasteiger partial charge is 0.355 e. The summed E-state index contributed by atoms with van der Waals surface area (Å²) in [5.74, 6) is -2.67. The number of halogens is 1. The lowest BCUT2D eigenvalue weighted by molar-refractivity contribution is -0.123. The number of aromatic nitrogens is 1. The van der Waals surface area contributed by atoms with Crippen LogP contribution in [0.2, 0.25) is 0 Å². The maximum atomic E-state index is 13.4. The zero-order valence-corrected chi connectivity index (χ0v) is 13.1. The molecule has 0 radical (unpaired) electrons. The molecule has 0 atom stereocenters. The van der Waals surface area contributed by atoms with Crippen molar-refractivity contribution in [1.29, 1.82) is 0 Å². The first-order valence-electron chi connectivity index (χ1n) is 7.08. The number of carbonyl (C=O) groups is 4. The minimum Gasteiger partial charge on any atom is -0.451 e. The van der Waals surface area contributed by atoms with E-state index in [1.807, 2.05) is 5.32 Å². The van der Waals surface area contributed by atoms with Crippen LogP contribution in [0.15, 0.2) is 36.5 Å². The molecule has 0 saturated carbocycles. The van der Waals surface area contributed by atoms with Gasteiger partial charge in [-0.2, -0.15) is 0 Å². The Labute approximate surface area is 141 Å². The van der Waals surface area contributed by atoms with Crippen LogP contribution in [0.3, 0.4) is 0 Å². The van der Waals surface area contributed by atoms with Gasteiger partial charge in [0.15, 0.2) is 12.4 Å². The van der Waals surface area contributed by atoms with E-state index < -0.39 is 30.3 Å². The monoisotopic (exact) mass is 347 g/mol. The first kappa shape index (κ1) is 17.9. The summed E-state index contributed by atoms with van der Waals surface area (Å²) in [7, 11) is 0. The lowest BCUT2D eigenvalue weighted by Gasteiger charge is -2.07. The number of aromatic amines is 1. The summed E-state index contributed by atoms with van der Waals surface area (Å²) >= 11 is 0. The van der Waals surface area contributed by atoms with Crippen molar-refractivity contribution in [2.45, 2.75) is 6.92 Å². The molecule has 130 valence electrons. The number of amides is 3. The van der Waals surface area contributed by atoms with E-state index in [0.29, 0.717) is 5.56 Å². The van der Waals surface area contributed by atoms with E-state index in [-0.39, 0.29) is 17.2 Å². The number of Topliss-reactive ketones (excluding diaryl/α,β-unsaturated/α-hetero) is 1. The topological polar surface area (TPSA) is 117 Å². The van der Waals surface area contributed by atoms with E-state index in [9.17, 15) is 23.6 Å².